The Kier molecular flexibility index (Phi) is 7.23. The molecule has 0 radical (unpaired) electrons. The van der Waals surface area contributed by atoms with Gasteiger partial charge in [-0.15, -0.1) is 0 Å². The normalized spacial score (nSPS) is 13.5. The summed E-state index contributed by atoms with van der Waals surface area (Å²) in [7, 11) is 3.52. The second-order valence-electron chi connectivity index (χ2n) is 5.61. The van der Waals surface area contributed by atoms with E-state index in [2.05, 4.69) is 36.3 Å². The Balaban J connectivity index is 2.51. The molecule has 1 atom stereocenters. The summed E-state index contributed by atoms with van der Waals surface area (Å²) in [6, 6.07) is 10.3. The van der Waals surface area contributed by atoms with Crippen molar-refractivity contribution in [2.24, 2.45) is 0 Å². The highest BCUT2D eigenvalue weighted by atomic mass is 16.5. The van der Waals surface area contributed by atoms with Crippen LogP contribution in [-0.4, -0.2) is 38.8 Å². The minimum Gasteiger partial charge on any atom is -0.468 e. The molecule has 1 N–H and O–H groups in total. The number of carbonyl (C=O) groups is 1. The molecule has 0 saturated heterocycles. The number of carbonyl (C=O) groups excluding carboxylic acids is 1. The summed E-state index contributed by atoms with van der Waals surface area (Å²) in [5, 5.41) is 3.32. The van der Waals surface area contributed by atoms with Gasteiger partial charge in [0.25, 0.3) is 0 Å². The molecule has 0 aliphatic rings. The van der Waals surface area contributed by atoms with E-state index in [1.807, 2.05) is 25.1 Å². The number of nitrogens with zero attached hydrogens (tertiary/aromatic N) is 1. The van der Waals surface area contributed by atoms with Crippen LogP contribution in [0.2, 0.25) is 0 Å². The molecular weight excluding hydrogens is 264 g/mol. The largest absolute Gasteiger partial charge is 0.468 e. The van der Waals surface area contributed by atoms with Crippen molar-refractivity contribution in [3.63, 3.8) is 0 Å². The van der Waals surface area contributed by atoms with Crippen molar-refractivity contribution in [2.45, 2.75) is 38.6 Å². The highest BCUT2D eigenvalue weighted by Gasteiger charge is 2.32. The summed E-state index contributed by atoms with van der Waals surface area (Å²) in [6.45, 7) is 5.75. The third-order valence-electron chi connectivity index (χ3n) is 3.77. The number of esters is 1. The molecule has 4 heteroatoms. The van der Waals surface area contributed by atoms with Gasteiger partial charge in [-0.05, 0) is 44.9 Å². The highest BCUT2D eigenvalue weighted by Crippen LogP contribution is 2.17. The fourth-order valence-corrected chi connectivity index (χ4v) is 2.37. The first-order chi connectivity index (χ1) is 10.0. The molecule has 0 fully saturated rings. The molecule has 0 spiro atoms. The Morgan fingerprint density at radius 1 is 1.33 bits per heavy atom. The maximum Gasteiger partial charge on any atom is 0.325 e. The van der Waals surface area contributed by atoms with E-state index >= 15 is 0 Å². The molecule has 0 aromatic heterocycles. The Morgan fingerprint density at radius 2 is 2.00 bits per heavy atom. The number of para-hydroxylation sites is 1. The van der Waals surface area contributed by atoms with Crippen molar-refractivity contribution in [2.75, 3.05) is 32.1 Å². The first-order valence-corrected chi connectivity index (χ1v) is 7.63. The van der Waals surface area contributed by atoms with E-state index in [-0.39, 0.29) is 5.97 Å². The van der Waals surface area contributed by atoms with E-state index in [0.717, 1.165) is 32.4 Å². The lowest BCUT2D eigenvalue weighted by Crippen LogP contribution is -2.50. The first-order valence-electron chi connectivity index (χ1n) is 7.63. The second-order valence-corrected chi connectivity index (χ2v) is 5.61. The van der Waals surface area contributed by atoms with Crippen LogP contribution in [0.3, 0.4) is 0 Å². The lowest BCUT2D eigenvalue weighted by molar-refractivity contribution is -0.148. The molecule has 1 rings (SSSR count). The average molecular weight is 292 g/mol. The number of hydrogen-bond acceptors (Lipinski definition) is 4. The predicted octanol–water partition coefficient (Wildman–Crippen LogP) is 2.83. The topological polar surface area (TPSA) is 41.6 Å². The summed E-state index contributed by atoms with van der Waals surface area (Å²) >= 11 is 0. The monoisotopic (exact) mass is 292 g/mol. The van der Waals surface area contributed by atoms with Gasteiger partial charge in [-0.1, -0.05) is 25.1 Å². The highest BCUT2D eigenvalue weighted by molar-refractivity contribution is 5.80. The van der Waals surface area contributed by atoms with Crippen LogP contribution in [0.1, 0.15) is 33.1 Å². The fraction of sp³-hybridized carbons (Fsp3) is 0.588. The maximum absolute atomic E-state index is 12.0. The van der Waals surface area contributed by atoms with Crippen molar-refractivity contribution >= 4 is 11.7 Å². The number of rotatable bonds is 9. The Labute approximate surface area is 128 Å². The van der Waals surface area contributed by atoms with Gasteiger partial charge >= 0.3 is 5.97 Å². The van der Waals surface area contributed by atoms with Gasteiger partial charge in [-0.2, -0.15) is 0 Å². The predicted molar refractivity (Wildman–Crippen MR) is 87.7 cm³/mol. The minimum atomic E-state index is -0.595. The van der Waals surface area contributed by atoms with E-state index < -0.39 is 5.54 Å². The third kappa shape index (κ3) is 5.38. The lowest BCUT2D eigenvalue weighted by atomic mass is 9.95. The lowest BCUT2D eigenvalue weighted by Gasteiger charge is -2.29. The van der Waals surface area contributed by atoms with Crippen LogP contribution in [0, 0.1) is 0 Å². The van der Waals surface area contributed by atoms with Crippen LogP contribution in [-0.2, 0) is 9.53 Å². The van der Waals surface area contributed by atoms with Crippen LogP contribution in [0.5, 0.6) is 0 Å². The molecule has 0 aliphatic carbocycles. The minimum absolute atomic E-state index is 0.182. The van der Waals surface area contributed by atoms with E-state index in [9.17, 15) is 4.79 Å². The van der Waals surface area contributed by atoms with E-state index in [1.165, 1.54) is 12.8 Å². The molecule has 1 aromatic rings. The summed E-state index contributed by atoms with van der Waals surface area (Å²) in [5.41, 5.74) is 0.598. The van der Waals surface area contributed by atoms with E-state index in [4.69, 9.17) is 4.74 Å². The number of hydrogen-bond donors (Lipinski definition) is 1. The van der Waals surface area contributed by atoms with Crippen molar-refractivity contribution in [3.05, 3.63) is 30.3 Å². The van der Waals surface area contributed by atoms with Gasteiger partial charge in [0, 0.05) is 19.3 Å². The standard InChI is InChI=1S/C17H28N2O2/c1-5-13-18-17(2,16(20)21-4)12-9-14-19(3)15-10-7-6-8-11-15/h6-8,10-11,18H,5,9,12-14H2,1-4H3. The van der Waals surface area contributed by atoms with Gasteiger partial charge in [-0.3, -0.25) is 4.79 Å². The van der Waals surface area contributed by atoms with Crippen LogP contribution in [0.4, 0.5) is 5.69 Å². The number of anilines is 1. The van der Waals surface area contributed by atoms with Crippen LogP contribution in [0.25, 0.3) is 0 Å². The van der Waals surface area contributed by atoms with E-state index in [1.54, 1.807) is 0 Å². The Bertz CT molecular complexity index is 422. The maximum atomic E-state index is 12.0. The third-order valence-corrected chi connectivity index (χ3v) is 3.77. The average Bonchev–Trinajstić information content (AvgIpc) is 2.52. The Hall–Kier alpha value is -1.55. The van der Waals surface area contributed by atoms with Gasteiger partial charge in [0.1, 0.15) is 5.54 Å². The first kappa shape index (κ1) is 17.5. The Morgan fingerprint density at radius 3 is 2.57 bits per heavy atom. The van der Waals surface area contributed by atoms with Crippen molar-refractivity contribution in [3.8, 4) is 0 Å². The SMILES string of the molecule is CCCNC(C)(CCCN(C)c1ccccc1)C(=O)OC. The van der Waals surface area contributed by atoms with Crippen molar-refractivity contribution < 1.29 is 9.53 Å². The number of methoxy groups -OCH3 is 1. The quantitative estimate of drug-likeness (QED) is 0.711. The molecule has 0 heterocycles. The molecular formula is C17H28N2O2. The summed E-state index contributed by atoms with van der Waals surface area (Å²) in [4.78, 5) is 14.2. The number of ether oxygens (including phenoxy) is 1. The summed E-state index contributed by atoms with van der Waals surface area (Å²) < 4.78 is 4.94. The zero-order chi connectivity index (χ0) is 15.7. The van der Waals surface area contributed by atoms with Gasteiger partial charge in [0.05, 0.1) is 7.11 Å². The zero-order valence-electron chi connectivity index (χ0n) is 13.7. The summed E-state index contributed by atoms with van der Waals surface area (Å²) in [5.74, 6) is -0.182. The molecule has 1 unspecified atom stereocenters. The number of nitrogens with one attached hydrogen (secondary N) is 1. The molecule has 0 saturated carbocycles. The van der Waals surface area contributed by atoms with Crippen molar-refractivity contribution in [1.29, 1.82) is 0 Å². The number of benzene rings is 1. The van der Waals surface area contributed by atoms with Gasteiger partial charge in [0.2, 0.25) is 0 Å². The van der Waals surface area contributed by atoms with Crippen LogP contribution >= 0.6 is 0 Å². The molecule has 0 amide bonds. The van der Waals surface area contributed by atoms with Crippen LogP contribution < -0.4 is 10.2 Å². The molecule has 0 aliphatic heterocycles. The molecule has 0 bridgehead atoms. The van der Waals surface area contributed by atoms with Gasteiger partial charge < -0.3 is 15.0 Å². The smallest absolute Gasteiger partial charge is 0.325 e. The molecule has 1 aromatic carbocycles. The van der Waals surface area contributed by atoms with E-state index in [0.29, 0.717) is 0 Å². The fourth-order valence-electron chi connectivity index (χ4n) is 2.37. The zero-order valence-corrected chi connectivity index (χ0v) is 13.7. The van der Waals surface area contributed by atoms with Gasteiger partial charge in [0.15, 0.2) is 0 Å². The molecule has 118 valence electrons. The van der Waals surface area contributed by atoms with Crippen LogP contribution in [0.15, 0.2) is 30.3 Å². The van der Waals surface area contributed by atoms with Gasteiger partial charge in [-0.25, -0.2) is 0 Å². The molecule has 4 nitrogen and oxygen atoms in total. The second kappa shape index (κ2) is 8.67. The molecule has 21 heavy (non-hydrogen) atoms. The van der Waals surface area contributed by atoms with Crippen molar-refractivity contribution in [1.82, 2.24) is 5.32 Å². The summed E-state index contributed by atoms with van der Waals surface area (Å²) in [6.07, 6.45) is 2.68.